The van der Waals surface area contributed by atoms with E-state index in [2.05, 4.69) is 24.1 Å². The van der Waals surface area contributed by atoms with Gasteiger partial charge in [0, 0.05) is 6.54 Å². The van der Waals surface area contributed by atoms with Gasteiger partial charge >= 0.3 is 0 Å². The van der Waals surface area contributed by atoms with E-state index in [0.717, 1.165) is 32.7 Å². The average Bonchev–Trinajstić information content (AvgIpc) is 2.18. The number of hydrogen-bond acceptors (Lipinski definition) is 3. The highest BCUT2D eigenvalue weighted by molar-refractivity contribution is 4.57. The Balaban J connectivity index is 3.30. The van der Waals surface area contributed by atoms with E-state index in [4.69, 9.17) is 5.11 Å². The number of rotatable bonds is 10. The molecule has 0 aliphatic carbocycles. The minimum atomic E-state index is 0.280. The second kappa shape index (κ2) is 11.0. The van der Waals surface area contributed by atoms with Crippen LogP contribution in [-0.2, 0) is 0 Å². The number of aliphatic hydroxyl groups is 1. The monoisotopic (exact) mass is 202 g/mol. The number of nitrogens with one attached hydrogen (secondary N) is 1. The predicted molar refractivity (Wildman–Crippen MR) is 61.6 cm³/mol. The molecule has 0 heterocycles. The van der Waals surface area contributed by atoms with Gasteiger partial charge in [-0.15, -0.1) is 0 Å². The van der Waals surface area contributed by atoms with Gasteiger partial charge in [-0.05, 0) is 45.4 Å². The number of hydrogen-bond donors (Lipinski definition) is 2. The van der Waals surface area contributed by atoms with Crippen molar-refractivity contribution in [1.29, 1.82) is 0 Å². The Morgan fingerprint density at radius 3 is 2.36 bits per heavy atom. The fourth-order valence-electron chi connectivity index (χ4n) is 1.52. The van der Waals surface area contributed by atoms with Crippen molar-refractivity contribution in [3.63, 3.8) is 0 Å². The highest BCUT2D eigenvalue weighted by atomic mass is 16.3. The molecule has 0 bridgehead atoms. The van der Waals surface area contributed by atoms with Crippen LogP contribution in [0.1, 0.15) is 33.1 Å². The molecule has 3 nitrogen and oxygen atoms in total. The van der Waals surface area contributed by atoms with Crippen molar-refractivity contribution in [3.8, 4) is 0 Å². The third-order valence-corrected chi connectivity index (χ3v) is 2.21. The van der Waals surface area contributed by atoms with E-state index < -0.39 is 0 Å². The number of aliphatic hydroxyl groups excluding tert-OH is 1. The highest BCUT2D eigenvalue weighted by Crippen LogP contribution is 1.92. The molecule has 0 aromatic heterocycles. The van der Waals surface area contributed by atoms with Gasteiger partial charge in [0.25, 0.3) is 0 Å². The molecule has 0 saturated carbocycles. The summed E-state index contributed by atoms with van der Waals surface area (Å²) in [4.78, 5) is 2.33. The van der Waals surface area contributed by atoms with Crippen molar-refractivity contribution >= 4 is 0 Å². The van der Waals surface area contributed by atoms with Gasteiger partial charge in [0.1, 0.15) is 0 Å². The maximum atomic E-state index is 8.85. The molecule has 0 aliphatic rings. The first kappa shape index (κ1) is 13.9. The topological polar surface area (TPSA) is 35.5 Å². The summed E-state index contributed by atoms with van der Waals surface area (Å²) >= 11 is 0. The molecule has 0 radical (unpaired) electrons. The predicted octanol–water partition coefficient (Wildman–Crippen LogP) is 1.08. The first-order chi connectivity index (χ1) is 6.85. The summed E-state index contributed by atoms with van der Waals surface area (Å²) in [6, 6.07) is 0. The van der Waals surface area contributed by atoms with E-state index in [1.54, 1.807) is 0 Å². The maximum absolute atomic E-state index is 8.85. The third-order valence-electron chi connectivity index (χ3n) is 2.21. The summed E-state index contributed by atoms with van der Waals surface area (Å²) in [5, 5.41) is 12.2. The van der Waals surface area contributed by atoms with E-state index in [1.165, 1.54) is 19.3 Å². The van der Waals surface area contributed by atoms with Gasteiger partial charge in [0.05, 0.1) is 6.61 Å². The molecule has 0 aromatic carbocycles. The lowest BCUT2D eigenvalue weighted by Crippen LogP contribution is -2.30. The van der Waals surface area contributed by atoms with E-state index in [-0.39, 0.29) is 6.61 Å². The van der Waals surface area contributed by atoms with Crippen molar-refractivity contribution in [3.05, 3.63) is 0 Å². The fourth-order valence-corrected chi connectivity index (χ4v) is 1.52. The Labute approximate surface area is 88.5 Å². The fraction of sp³-hybridized carbons (Fsp3) is 1.00. The van der Waals surface area contributed by atoms with E-state index in [0.29, 0.717) is 0 Å². The minimum Gasteiger partial charge on any atom is -0.395 e. The van der Waals surface area contributed by atoms with Crippen LogP contribution in [-0.4, -0.2) is 49.3 Å². The average molecular weight is 202 g/mol. The van der Waals surface area contributed by atoms with E-state index in [1.807, 2.05) is 0 Å². The van der Waals surface area contributed by atoms with Crippen molar-refractivity contribution in [2.45, 2.75) is 33.1 Å². The van der Waals surface area contributed by atoms with E-state index >= 15 is 0 Å². The highest BCUT2D eigenvalue weighted by Gasteiger charge is 2.01. The van der Waals surface area contributed by atoms with Crippen LogP contribution >= 0.6 is 0 Å². The van der Waals surface area contributed by atoms with Gasteiger partial charge in [-0.2, -0.15) is 0 Å². The Morgan fingerprint density at radius 1 is 1.00 bits per heavy atom. The summed E-state index contributed by atoms with van der Waals surface area (Å²) in [7, 11) is 0. The van der Waals surface area contributed by atoms with Gasteiger partial charge in [-0.3, -0.25) is 0 Å². The Kier molecular flexibility index (Phi) is 10.9. The molecule has 0 atom stereocenters. The molecular formula is C11H26N2O. The van der Waals surface area contributed by atoms with Gasteiger partial charge in [0.2, 0.25) is 0 Å². The Hall–Kier alpha value is -0.120. The summed E-state index contributed by atoms with van der Waals surface area (Å²) in [6.07, 6.45) is 3.55. The molecule has 0 spiro atoms. The molecule has 0 rings (SSSR count). The molecule has 0 aliphatic heterocycles. The van der Waals surface area contributed by atoms with Crippen LogP contribution in [0.4, 0.5) is 0 Å². The van der Waals surface area contributed by atoms with Crippen LogP contribution < -0.4 is 5.32 Å². The molecule has 14 heavy (non-hydrogen) atoms. The quantitative estimate of drug-likeness (QED) is 0.520. The smallest absolute Gasteiger partial charge is 0.0558 e. The van der Waals surface area contributed by atoms with Gasteiger partial charge in [0.15, 0.2) is 0 Å². The van der Waals surface area contributed by atoms with Crippen LogP contribution in [0.5, 0.6) is 0 Å². The van der Waals surface area contributed by atoms with Crippen LogP contribution in [0, 0.1) is 0 Å². The van der Waals surface area contributed by atoms with Crippen LogP contribution in [0.25, 0.3) is 0 Å². The summed E-state index contributed by atoms with van der Waals surface area (Å²) in [5.41, 5.74) is 0. The number of nitrogens with zero attached hydrogens (tertiary/aromatic N) is 1. The SMILES string of the molecule is CCCNCCCN(CCC)CCO. The summed E-state index contributed by atoms with van der Waals surface area (Å²) in [6.45, 7) is 9.89. The van der Waals surface area contributed by atoms with Crippen molar-refractivity contribution in [2.75, 3.05) is 39.3 Å². The molecule has 3 heteroatoms. The third kappa shape index (κ3) is 8.48. The normalized spacial score (nSPS) is 11.1. The zero-order valence-electron chi connectivity index (χ0n) is 9.76. The maximum Gasteiger partial charge on any atom is 0.0558 e. The van der Waals surface area contributed by atoms with Crippen LogP contribution in [0.15, 0.2) is 0 Å². The minimum absolute atomic E-state index is 0.280. The van der Waals surface area contributed by atoms with Crippen molar-refractivity contribution < 1.29 is 5.11 Å². The first-order valence-electron chi connectivity index (χ1n) is 5.89. The molecular weight excluding hydrogens is 176 g/mol. The van der Waals surface area contributed by atoms with E-state index in [9.17, 15) is 0 Å². The first-order valence-corrected chi connectivity index (χ1v) is 5.89. The lowest BCUT2D eigenvalue weighted by atomic mass is 10.3. The molecule has 0 aromatic rings. The second-order valence-corrected chi connectivity index (χ2v) is 3.67. The van der Waals surface area contributed by atoms with Gasteiger partial charge < -0.3 is 15.3 Å². The Bertz CT molecular complexity index is 103. The second-order valence-electron chi connectivity index (χ2n) is 3.67. The zero-order chi connectivity index (χ0) is 10.6. The zero-order valence-corrected chi connectivity index (χ0v) is 9.76. The standard InChI is InChI=1S/C11H26N2O/c1-3-6-12-7-5-9-13(8-4-2)10-11-14/h12,14H,3-11H2,1-2H3. The van der Waals surface area contributed by atoms with Crippen molar-refractivity contribution in [1.82, 2.24) is 10.2 Å². The lowest BCUT2D eigenvalue weighted by Gasteiger charge is -2.20. The molecule has 0 saturated heterocycles. The van der Waals surface area contributed by atoms with Gasteiger partial charge in [-0.25, -0.2) is 0 Å². The molecule has 2 N–H and O–H groups in total. The van der Waals surface area contributed by atoms with Gasteiger partial charge in [-0.1, -0.05) is 13.8 Å². The summed E-state index contributed by atoms with van der Waals surface area (Å²) in [5.74, 6) is 0. The molecule has 86 valence electrons. The van der Waals surface area contributed by atoms with Crippen molar-refractivity contribution in [2.24, 2.45) is 0 Å². The lowest BCUT2D eigenvalue weighted by molar-refractivity contribution is 0.194. The van der Waals surface area contributed by atoms with Crippen LogP contribution in [0.3, 0.4) is 0 Å². The molecule has 0 unspecified atom stereocenters. The molecule has 0 fully saturated rings. The summed E-state index contributed by atoms with van der Waals surface area (Å²) < 4.78 is 0. The molecule has 0 amide bonds. The largest absolute Gasteiger partial charge is 0.395 e. The Morgan fingerprint density at radius 2 is 1.79 bits per heavy atom. The van der Waals surface area contributed by atoms with Crippen LogP contribution in [0.2, 0.25) is 0 Å².